The predicted molar refractivity (Wildman–Crippen MR) is 173 cm³/mol. The molecule has 1 unspecified atom stereocenters. The Morgan fingerprint density at radius 1 is 0.979 bits per heavy atom. The van der Waals surface area contributed by atoms with Crippen molar-refractivity contribution in [3.8, 4) is 39.8 Å². The number of aromatic nitrogens is 4. The lowest BCUT2D eigenvalue weighted by molar-refractivity contribution is -0.139. The number of carbonyl (C=O) groups excluding carboxylic acids is 2. The summed E-state index contributed by atoms with van der Waals surface area (Å²) in [5, 5.41) is 28.0. The van der Waals surface area contributed by atoms with E-state index >= 15 is 4.39 Å². The fraction of sp³-hybridized carbons (Fsp3) is 0.212. The fourth-order valence-corrected chi connectivity index (χ4v) is 4.48. The van der Waals surface area contributed by atoms with Gasteiger partial charge in [0, 0.05) is 29.3 Å². The van der Waals surface area contributed by atoms with E-state index in [9.17, 15) is 19.5 Å². The first-order valence-electron chi connectivity index (χ1n) is 14.6. The summed E-state index contributed by atoms with van der Waals surface area (Å²) in [5.41, 5.74) is 2.04. The van der Waals surface area contributed by atoms with E-state index in [0.717, 1.165) is 11.6 Å². The molecule has 0 saturated heterocycles. The average Bonchev–Trinajstić information content (AvgIpc) is 3.71. The summed E-state index contributed by atoms with van der Waals surface area (Å²) in [6.45, 7) is 5.28. The maximum atomic E-state index is 15.2. The number of halogens is 1. The van der Waals surface area contributed by atoms with Crippen molar-refractivity contribution in [2.75, 3.05) is 17.7 Å². The van der Waals surface area contributed by atoms with Gasteiger partial charge in [0.2, 0.25) is 5.82 Å². The molecule has 0 aliphatic carbocycles. The van der Waals surface area contributed by atoms with Gasteiger partial charge in [0.15, 0.2) is 0 Å². The molecule has 2 heterocycles. The molecule has 5 aromatic rings. The van der Waals surface area contributed by atoms with Crippen LogP contribution >= 0.6 is 0 Å². The minimum Gasteiger partial charge on any atom is -0.497 e. The Morgan fingerprint density at radius 2 is 1.69 bits per heavy atom. The van der Waals surface area contributed by atoms with Crippen molar-refractivity contribution in [2.24, 2.45) is 0 Å². The standard InChI is InChI=1S/C33H32FN7O7/c1-33(2,3)47-32(45)35-21-10-6-20(7-11-21)29-38-28(41-48-29)23-14-5-18(15-24(23)34)16-26(30(42)43)36-31(44)37-27-17-25(39-40-27)19-8-12-22(46-4)13-9-19/h5-15,17,26H,16H2,1-4H3,(H,35,45)(H,42,43)(H3,36,37,39,40,44). The molecule has 0 saturated carbocycles. The van der Waals surface area contributed by atoms with Crippen molar-refractivity contribution in [3.63, 3.8) is 0 Å². The first kappa shape index (κ1) is 33.1. The number of carboxylic acids is 1. The number of urea groups is 1. The monoisotopic (exact) mass is 657 g/mol. The summed E-state index contributed by atoms with van der Waals surface area (Å²) in [4.78, 5) is 40.8. The summed E-state index contributed by atoms with van der Waals surface area (Å²) in [7, 11) is 1.56. The molecule has 0 fully saturated rings. The Kier molecular flexibility index (Phi) is 9.68. The zero-order chi connectivity index (χ0) is 34.4. The van der Waals surface area contributed by atoms with Crippen LogP contribution in [0.25, 0.3) is 34.1 Å². The number of ether oxygens (including phenoxy) is 2. The van der Waals surface area contributed by atoms with Crippen LogP contribution < -0.4 is 20.7 Å². The number of amides is 3. The van der Waals surface area contributed by atoms with Gasteiger partial charge in [-0.05, 0) is 87.0 Å². The molecule has 3 amide bonds. The molecule has 0 aliphatic heterocycles. The number of carbonyl (C=O) groups is 3. The van der Waals surface area contributed by atoms with Gasteiger partial charge in [0.05, 0.1) is 18.4 Å². The molecule has 0 radical (unpaired) electrons. The predicted octanol–water partition coefficient (Wildman–Crippen LogP) is 6.11. The largest absolute Gasteiger partial charge is 0.497 e. The molecule has 48 heavy (non-hydrogen) atoms. The zero-order valence-corrected chi connectivity index (χ0v) is 26.3. The molecular weight excluding hydrogens is 625 g/mol. The third kappa shape index (κ3) is 8.51. The molecule has 0 aliphatic rings. The van der Waals surface area contributed by atoms with Gasteiger partial charge in [0.1, 0.15) is 29.0 Å². The van der Waals surface area contributed by atoms with Gasteiger partial charge in [-0.25, -0.2) is 18.8 Å². The molecule has 5 N–H and O–H groups in total. The van der Waals surface area contributed by atoms with Gasteiger partial charge in [-0.3, -0.25) is 15.7 Å². The Bertz CT molecular complexity index is 1920. The normalized spacial score (nSPS) is 11.8. The Hall–Kier alpha value is -6.25. The van der Waals surface area contributed by atoms with E-state index in [1.807, 2.05) is 0 Å². The summed E-state index contributed by atoms with van der Waals surface area (Å²) in [6.07, 6.45) is -0.807. The highest BCUT2D eigenvalue weighted by Gasteiger charge is 2.23. The van der Waals surface area contributed by atoms with Gasteiger partial charge < -0.3 is 24.4 Å². The smallest absolute Gasteiger partial charge is 0.412 e. The van der Waals surface area contributed by atoms with E-state index in [-0.39, 0.29) is 29.5 Å². The number of nitrogens with one attached hydrogen (secondary N) is 4. The second kappa shape index (κ2) is 14.0. The van der Waals surface area contributed by atoms with Crippen molar-refractivity contribution < 1.29 is 37.9 Å². The van der Waals surface area contributed by atoms with E-state index in [0.29, 0.717) is 28.3 Å². The van der Waals surface area contributed by atoms with E-state index in [1.54, 1.807) is 82.5 Å². The average molecular weight is 658 g/mol. The van der Waals surface area contributed by atoms with Crippen LogP contribution in [0.3, 0.4) is 0 Å². The summed E-state index contributed by atoms with van der Waals surface area (Å²) < 4.78 is 30.9. The lowest BCUT2D eigenvalue weighted by atomic mass is 10.0. The number of aromatic amines is 1. The number of methoxy groups -OCH3 is 1. The molecule has 0 spiro atoms. The number of H-pyrrole nitrogens is 1. The lowest BCUT2D eigenvalue weighted by Crippen LogP contribution is -2.44. The van der Waals surface area contributed by atoms with E-state index in [1.165, 1.54) is 12.1 Å². The molecule has 14 nitrogen and oxygen atoms in total. The van der Waals surface area contributed by atoms with Gasteiger partial charge in [-0.15, -0.1) is 0 Å². The summed E-state index contributed by atoms with van der Waals surface area (Å²) in [5.74, 6) is -1.01. The minimum atomic E-state index is -1.37. The number of hydrogen-bond acceptors (Lipinski definition) is 9. The number of hydrogen-bond donors (Lipinski definition) is 5. The van der Waals surface area contributed by atoms with Gasteiger partial charge >= 0.3 is 18.1 Å². The van der Waals surface area contributed by atoms with Gasteiger partial charge in [-0.2, -0.15) is 10.1 Å². The first-order chi connectivity index (χ1) is 22.9. The van der Waals surface area contributed by atoms with Crippen LogP contribution in [0.2, 0.25) is 0 Å². The van der Waals surface area contributed by atoms with Crippen LogP contribution in [0.1, 0.15) is 26.3 Å². The molecule has 1 atom stereocenters. The van der Waals surface area contributed by atoms with Crippen molar-refractivity contribution >= 4 is 29.6 Å². The maximum absolute atomic E-state index is 15.2. The maximum Gasteiger partial charge on any atom is 0.412 e. The van der Waals surface area contributed by atoms with E-state index in [2.05, 4.69) is 36.3 Å². The lowest BCUT2D eigenvalue weighted by Gasteiger charge is -2.19. The molecular formula is C33H32FN7O7. The number of rotatable bonds is 10. The zero-order valence-electron chi connectivity index (χ0n) is 26.3. The van der Waals surface area contributed by atoms with E-state index in [4.69, 9.17) is 14.0 Å². The summed E-state index contributed by atoms with van der Waals surface area (Å²) in [6, 6.07) is 17.2. The topological polar surface area (TPSA) is 194 Å². The van der Waals surface area contributed by atoms with Crippen LogP contribution in [0.4, 0.5) is 25.5 Å². The van der Waals surface area contributed by atoms with Crippen LogP contribution in [-0.4, -0.2) is 62.3 Å². The SMILES string of the molecule is COc1ccc(-c2cc(NC(=O)NC(Cc3ccc(-c4noc(-c5ccc(NC(=O)OC(C)(C)C)cc5)n4)c(F)c3)C(=O)O)[nH]n2)cc1. The first-order valence-corrected chi connectivity index (χ1v) is 14.6. The van der Waals surface area contributed by atoms with Crippen LogP contribution in [-0.2, 0) is 16.0 Å². The number of aliphatic carboxylic acids is 1. The number of benzene rings is 3. The third-order valence-corrected chi connectivity index (χ3v) is 6.73. The highest BCUT2D eigenvalue weighted by Crippen LogP contribution is 2.27. The summed E-state index contributed by atoms with van der Waals surface area (Å²) >= 11 is 0. The van der Waals surface area contributed by atoms with Crippen LogP contribution in [0.5, 0.6) is 5.75 Å². The molecule has 248 valence electrons. The van der Waals surface area contributed by atoms with Gasteiger partial charge in [-0.1, -0.05) is 11.2 Å². The molecule has 15 heteroatoms. The van der Waals surface area contributed by atoms with Crippen molar-refractivity contribution in [1.82, 2.24) is 25.7 Å². The number of anilines is 2. The number of carboxylic acid groups (broad SMARTS) is 1. The van der Waals surface area contributed by atoms with Crippen LogP contribution in [0.15, 0.2) is 77.3 Å². The highest BCUT2D eigenvalue weighted by atomic mass is 19.1. The second-order valence-corrected chi connectivity index (χ2v) is 11.5. The van der Waals surface area contributed by atoms with E-state index < -0.39 is 35.6 Å². The van der Waals surface area contributed by atoms with Crippen molar-refractivity contribution in [1.29, 1.82) is 0 Å². The molecule has 3 aromatic carbocycles. The molecule has 0 bridgehead atoms. The van der Waals surface area contributed by atoms with Crippen molar-refractivity contribution in [2.45, 2.75) is 38.8 Å². The fourth-order valence-electron chi connectivity index (χ4n) is 4.48. The Labute approximate surface area is 273 Å². The third-order valence-electron chi connectivity index (χ3n) is 6.73. The minimum absolute atomic E-state index is 0.0224. The molecule has 2 aromatic heterocycles. The quantitative estimate of drug-likeness (QED) is 0.117. The van der Waals surface area contributed by atoms with Gasteiger partial charge in [0.25, 0.3) is 5.89 Å². The Balaban J connectivity index is 1.19. The Morgan fingerprint density at radius 3 is 2.33 bits per heavy atom. The highest BCUT2D eigenvalue weighted by molar-refractivity contribution is 5.92. The number of nitrogens with zero attached hydrogens (tertiary/aromatic N) is 3. The van der Waals surface area contributed by atoms with Crippen LogP contribution in [0, 0.1) is 5.82 Å². The second-order valence-electron chi connectivity index (χ2n) is 11.5. The van der Waals surface area contributed by atoms with Crippen molar-refractivity contribution in [3.05, 3.63) is 84.2 Å². The molecule has 5 rings (SSSR count).